The van der Waals surface area contributed by atoms with Crippen molar-refractivity contribution in [2.45, 2.75) is 132 Å². The number of fused-ring (bicyclic) bond motifs is 2. The molecule has 0 bridgehead atoms. The predicted octanol–water partition coefficient (Wildman–Crippen LogP) is -0.201. The Balaban J connectivity index is 0.875. The van der Waals surface area contributed by atoms with Gasteiger partial charge in [-0.3, -0.25) is 25.3 Å². The van der Waals surface area contributed by atoms with Gasteiger partial charge < -0.3 is 25.6 Å². The highest BCUT2D eigenvalue weighted by molar-refractivity contribution is 5.04. The monoisotopic (exact) mass is 590 g/mol. The van der Waals surface area contributed by atoms with Crippen LogP contribution in [-0.2, 0) is 4.74 Å². The van der Waals surface area contributed by atoms with Crippen LogP contribution in [0, 0.1) is 17.8 Å². The number of hydrogen-bond donors (Lipinski definition) is 5. The number of hydrogen-bond acceptors (Lipinski definition) is 11. The fourth-order valence-corrected chi connectivity index (χ4v) is 9.82. The first kappa shape index (κ1) is 30.2. The molecule has 42 heavy (non-hydrogen) atoms. The van der Waals surface area contributed by atoms with E-state index in [2.05, 4.69) is 63.2 Å². The largest absolute Gasteiger partial charge is 0.387 e. The molecule has 6 N–H and O–H groups in total. The van der Waals surface area contributed by atoms with E-state index in [1.54, 1.807) is 0 Å². The maximum Gasteiger partial charge on any atom is 0.142 e. The molecular weight excluding hydrogens is 532 g/mol. The van der Waals surface area contributed by atoms with E-state index in [1.165, 1.54) is 57.8 Å². The highest BCUT2D eigenvalue weighted by Crippen LogP contribution is 2.48. The van der Waals surface area contributed by atoms with Gasteiger partial charge in [-0.15, -0.1) is 0 Å². The van der Waals surface area contributed by atoms with Gasteiger partial charge in [0.05, 0.1) is 37.9 Å². The van der Waals surface area contributed by atoms with E-state index in [9.17, 15) is 10.2 Å². The molecule has 0 aromatic carbocycles. The molecule has 0 spiro atoms. The van der Waals surface area contributed by atoms with Gasteiger partial charge in [-0.1, -0.05) is 6.92 Å². The number of nitrogens with one attached hydrogen (secondary N) is 2. The molecular formula is C31H58N8O3. The van der Waals surface area contributed by atoms with Crippen LogP contribution in [0.3, 0.4) is 0 Å². The molecule has 0 radical (unpaired) electrons. The first-order valence-electron chi connectivity index (χ1n) is 17.1. The van der Waals surface area contributed by atoms with Crippen molar-refractivity contribution < 1.29 is 14.9 Å². The smallest absolute Gasteiger partial charge is 0.142 e. The molecule has 4 heterocycles. The molecule has 4 aliphatic heterocycles. The fraction of sp³-hybridized carbons (Fsp3) is 1.00. The van der Waals surface area contributed by atoms with Crippen molar-refractivity contribution in [2.24, 2.45) is 23.5 Å². The highest BCUT2D eigenvalue weighted by Gasteiger charge is 2.54. The molecule has 0 aromatic heterocycles. The summed E-state index contributed by atoms with van der Waals surface area (Å²) in [6.45, 7) is 4.93. The minimum absolute atomic E-state index is 0.0310. The number of ether oxygens (including phenoxy) is 1. The number of nitrogens with two attached hydrogens (primary N) is 1. The minimum atomic E-state index is -0.938. The molecule has 11 heteroatoms. The van der Waals surface area contributed by atoms with E-state index in [0.717, 1.165) is 36.4 Å². The molecule has 3 aliphatic carbocycles. The van der Waals surface area contributed by atoms with Gasteiger partial charge in [0.1, 0.15) is 24.5 Å². The van der Waals surface area contributed by atoms with E-state index >= 15 is 0 Å². The van der Waals surface area contributed by atoms with Gasteiger partial charge in [0.25, 0.3) is 0 Å². The van der Waals surface area contributed by atoms with Crippen LogP contribution in [0.4, 0.5) is 0 Å². The highest BCUT2D eigenvalue weighted by atomic mass is 16.6. The first-order valence-corrected chi connectivity index (χ1v) is 17.1. The summed E-state index contributed by atoms with van der Waals surface area (Å²) < 4.78 is 6.42. The zero-order chi connectivity index (χ0) is 29.3. The summed E-state index contributed by atoms with van der Waals surface area (Å²) in [6, 6.07) is 2.09. The molecule has 7 unspecified atom stereocenters. The van der Waals surface area contributed by atoms with Crippen LogP contribution < -0.4 is 16.4 Å². The third-order valence-corrected chi connectivity index (χ3v) is 12.8. The third-order valence-electron chi connectivity index (χ3n) is 12.8. The van der Waals surface area contributed by atoms with E-state index in [4.69, 9.17) is 10.5 Å². The number of aliphatic hydroxyl groups is 2. The second kappa shape index (κ2) is 12.1. The molecule has 7 rings (SSSR count). The van der Waals surface area contributed by atoms with Crippen LogP contribution in [0.25, 0.3) is 0 Å². The van der Waals surface area contributed by atoms with Crippen molar-refractivity contribution >= 4 is 0 Å². The Kier molecular flexibility index (Phi) is 8.68. The summed E-state index contributed by atoms with van der Waals surface area (Å²) in [6.07, 6.45) is 9.93. The van der Waals surface area contributed by atoms with Crippen LogP contribution in [0.2, 0.25) is 0 Å². The van der Waals surface area contributed by atoms with Gasteiger partial charge in [-0.2, -0.15) is 0 Å². The predicted molar refractivity (Wildman–Crippen MR) is 162 cm³/mol. The summed E-state index contributed by atoms with van der Waals surface area (Å²) in [4.78, 5) is 12.3. The van der Waals surface area contributed by atoms with E-state index in [1.807, 2.05) is 0 Å². The maximum absolute atomic E-state index is 11.1. The fourth-order valence-electron chi connectivity index (χ4n) is 9.82. The third kappa shape index (κ3) is 5.38. The van der Waals surface area contributed by atoms with Crippen LogP contribution in [-0.4, -0.2) is 149 Å². The quantitative estimate of drug-likeness (QED) is 0.246. The van der Waals surface area contributed by atoms with Crippen LogP contribution in [0.5, 0.6) is 0 Å². The lowest BCUT2D eigenvalue weighted by molar-refractivity contribution is -0.131. The van der Waals surface area contributed by atoms with Crippen molar-refractivity contribution in [1.82, 2.24) is 35.1 Å². The van der Waals surface area contributed by atoms with Crippen LogP contribution in [0.15, 0.2) is 0 Å². The molecule has 240 valence electrons. The van der Waals surface area contributed by atoms with Gasteiger partial charge in [0.2, 0.25) is 0 Å². The lowest BCUT2D eigenvalue weighted by atomic mass is 9.76. The molecule has 0 amide bonds. The van der Waals surface area contributed by atoms with Crippen molar-refractivity contribution in [3.05, 3.63) is 0 Å². The maximum atomic E-state index is 11.1. The Morgan fingerprint density at radius 3 is 2.38 bits per heavy atom. The zero-order valence-corrected chi connectivity index (χ0v) is 26.4. The summed E-state index contributed by atoms with van der Waals surface area (Å²) in [5.41, 5.74) is 6.34. The van der Waals surface area contributed by atoms with Gasteiger partial charge in [-0.25, -0.2) is 4.90 Å². The number of likely N-dealkylation sites (N-methyl/N-ethyl adjacent to an activating group) is 4. The lowest BCUT2D eigenvalue weighted by Gasteiger charge is -2.45. The van der Waals surface area contributed by atoms with Gasteiger partial charge in [0.15, 0.2) is 0 Å². The second-order valence-electron chi connectivity index (χ2n) is 15.0. The average Bonchev–Trinajstić information content (AvgIpc) is 3.61. The summed E-state index contributed by atoms with van der Waals surface area (Å²) in [5, 5.41) is 28.9. The summed E-state index contributed by atoms with van der Waals surface area (Å²) in [5.74, 6) is 2.81. The molecule has 4 saturated heterocycles. The topological polar surface area (TPSA) is 116 Å². The molecule has 0 aromatic rings. The zero-order valence-electron chi connectivity index (χ0n) is 26.4. The van der Waals surface area contributed by atoms with Gasteiger partial charge in [0, 0.05) is 24.7 Å². The molecule has 11 nitrogen and oxygen atoms in total. The number of aliphatic hydroxyl groups excluding tert-OH is 2. The van der Waals surface area contributed by atoms with Crippen LogP contribution in [0.1, 0.15) is 64.7 Å². The molecule has 11 atom stereocenters. The Hall–Kier alpha value is -0.440. The summed E-state index contributed by atoms with van der Waals surface area (Å²) in [7, 11) is 6.94. The normalized spacial score (nSPS) is 49.0. The van der Waals surface area contributed by atoms with E-state index < -0.39 is 24.5 Å². The van der Waals surface area contributed by atoms with Crippen molar-refractivity contribution in [3.8, 4) is 0 Å². The Morgan fingerprint density at radius 1 is 0.905 bits per heavy atom. The average molecular weight is 591 g/mol. The second-order valence-corrected chi connectivity index (χ2v) is 15.0. The Bertz CT molecular complexity index is 938. The molecule has 3 saturated carbocycles. The molecule has 7 aliphatic rings. The first-order chi connectivity index (χ1) is 20.2. The van der Waals surface area contributed by atoms with Gasteiger partial charge >= 0.3 is 0 Å². The van der Waals surface area contributed by atoms with Crippen molar-refractivity contribution in [1.29, 1.82) is 0 Å². The van der Waals surface area contributed by atoms with Crippen molar-refractivity contribution in [3.63, 3.8) is 0 Å². The number of nitrogens with zero attached hydrogens (tertiary/aromatic N) is 5. The van der Waals surface area contributed by atoms with Crippen molar-refractivity contribution in [2.75, 3.05) is 47.6 Å². The standard InChI is InChI=1S/C31H58N8O3/c1-5-38-16-34-29(32)26-30(38)39(17-33-26)31-28(41)27(40)24(42-31)15-35(2)21-12-18(13-21)6-11-25-36(3)22-10-9-20(19-7-8-19)14-23(22)37(25)4/h18-31,33-34,40-41H,5-17,32H2,1-4H3/t18?,20?,21?,22?,23?,24-,25?,26?,27-,28-,29?,30?,31-/m1/s1. The SMILES string of the molecule is CCN1CNC(N)C2NCN([C@@H]3O[C@H](CN(C)C4CC(CCC5N(C)C6CCC(C7CC7)CC6N5C)C4)[C@@H](O)[C@H]3O)C21. The lowest BCUT2D eigenvalue weighted by Crippen LogP contribution is -2.69. The minimum Gasteiger partial charge on any atom is -0.387 e. The van der Waals surface area contributed by atoms with E-state index in [-0.39, 0.29) is 18.4 Å². The van der Waals surface area contributed by atoms with Crippen LogP contribution >= 0.6 is 0 Å². The van der Waals surface area contributed by atoms with Gasteiger partial charge in [-0.05, 0) is 103 Å². The Morgan fingerprint density at radius 2 is 1.64 bits per heavy atom. The van der Waals surface area contributed by atoms with E-state index in [0.29, 0.717) is 32.1 Å². The molecule has 7 fully saturated rings. The number of rotatable bonds is 9. The Labute approximate surface area is 253 Å². The summed E-state index contributed by atoms with van der Waals surface area (Å²) >= 11 is 0.